The summed E-state index contributed by atoms with van der Waals surface area (Å²) in [6.45, 7) is 2.86. The molecule has 0 heterocycles. The van der Waals surface area contributed by atoms with Gasteiger partial charge in [0.2, 0.25) is 0 Å². The van der Waals surface area contributed by atoms with Crippen molar-refractivity contribution in [2.24, 2.45) is 11.8 Å². The third-order valence-electron chi connectivity index (χ3n) is 5.44. The highest BCUT2D eigenvalue weighted by molar-refractivity contribution is 14.1. The van der Waals surface area contributed by atoms with Crippen molar-refractivity contribution in [3.05, 3.63) is 32.9 Å². The van der Waals surface area contributed by atoms with Gasteiger partial charge in [-0.15, -0.1) is 0 Å². The van der Waals surface area contributed by atoms with Crippen molar-refractivity contribution in [1.82, 2.24) is 0 Å². The maximum absolute atomic E-state index is 13.8. The Morgan fingerprint density at radius 1 is 1.05 bits per heavy atom. The van der Waals surface area contributed by atoms with Gasteiger partial charge in [-0.3, -0.25) is 0 Å². The van der Waals surface area contributed by atoms with Crippen LogP contribution in [0.25, 0.3) is 0 Å². The van der Waals surface area contributed by atoms with Crippen LogP contribution in [-0.2, 0) is 4.74 Å². The zero-order valence-corrected chi connectivity index (χ0v) is 15.1. The minimum Gasteiger partial charge on any atom is -0.378 e. The van der Waals surface area contributed by atoms with E-state index < -0.39 is 11.6 Å². The molecule has 2 aliphatic carbocycles. The van der Waals surface area contributed by atoms with Gasteiger partial charge < -0.3 is 4.74 Å². The lowest BCUT2D eigenvalue weighted by molar-refractivity contribution is -0.00957. The fourth-order valence-electron chi connectivity index (χ4n) is 4.35. The summed E-state index contributed by atoms with van der Waals surface area (Å²) >= 11 is 1.73. The summed E-state index contributed by atoms with van der Waals surface area (Å²) in [5.41, 5.74) is 0.848. The molecule has 4 unspecified atom stereocenters. The van der Waals surface area contributed by atoms with Crippen LogP contribution < -0.4 is 0 Å². The molecule has 0 saturated heterocycles. The zero-order chi connectivity index (χ0) is 15.7. The lowest BCUT2D eigenvalue weighted by atomic mass is 9.65. The van der Waals surface area contributed by atoms with Crippen LogP contribution >= 0.6 is 22.6 Å². The summed E-state index contributed by atoms with van der Waals surface area (Å²) in [6.07, 6.45) is 7.20. The number of hydrogen-bond donors (Lipinski definition) is 0. The monoisotopic (exact) mass is 420 g/mol. The van der Waals surface area contributed by atoms with E-state index in [0.717, 1.165) is 43.8 Å². The molecule has 2 saturated carbocycles. The molecule has 0 amide bonds. The van der Waals surface area contributed by atoms with Gasteiger partial charge in [-0.2, -0.15) is 0 Å². The average molecular weight is 420 g/mol. The van der Waals surface area contributed by atoms with E-state index in [0.29, 0.717) is 17.9 Å². The first kappa shape index (κ1) is 16.6. The second kappa shape index (κ2) is 7.12. The van der Waals surface area contributed by atoms with Crippen LogP contribution in [0.3, 0.4) is 0 Å². The molecule has 22 heavy (non-hydrogen) atoms. The van der Waals surface area contributed by atoms with Crippen molar-refractivity contribution in [3.63, 3.8) is 0 Å². The molecule has 1 aromatic rings. The van der Waals surface area contributed by atoms with Gasteiger partial charge in [0.25, 0.3) is 0 Å². The van der Waals surface area contributed by atoms with Gasteiger partial charge in [-0.25, -0.2) is 8.78 Å². The highest BCUT2D eigenvalue weighted by atomic mass is 127. The second-order valence-electron chi connectivity index (χ2n) is 6.72. The van der Waals surface area contributed by atoms with Gasteiger partial charge >= 0.3 is 0 Å². The third-order valence-corrected chi connectivity index (χ3v) is 6.48. The van der Waals surface area contributed by atoms with Gasteiger partial charge in [0.15, 0.2) is 0 Å². The van der Waals surface area contributed by atoms with Gasteiger partial charge in [0.1, 0.15) is 11.6 Å². The zero-order valence-electron chi connectivity index (χ0n) is 13.0. The van der Waals surface area contributed by atoms with E-state index in [2.05, 4.69) is 6.92 Å². The largest absolute Gasteiger partial charge is 0.378 e. The molecule has 0 aliphatic heterocycles. The molecule has 4 atom stereocenters. The van der Waals surface area contributed by atoms with Crippen LogP contribution in [0.5, 0.6) is 0 Å². The van der Waals surface area contributed by atoms with Crippen LogP contribution in [-0.4, -0.2) is 12.7 Å². The van der Waals surface area contributed by atoms with E-state index in [-0.39, 0.29) is 3.57 Å². The maximum Gasteiger partial charge on any atom is 0.139 e. The van der Waals surface area contributed by atoms with E-state index >= 15 is 0 Å². The summed E-state index contributed by atoms with van der Waals surface area (Å²) in [6, 6.07) is 3.09. The Kier molecular flexibility index (Phi) is 5.38. The lowest BCUT2D eigenvalue weighted by Crippen LogP contribution is -2.33. The molecule has 122 valence electrons. The first-order chi connectivity index (χ1) is 10.6. The van der Waals surface area contributed by atoms with E-state index in [1.54, 1.807) is 34.7 Å². The number of benzene rings is 1. The van der Waals surface area contributed by atoms with E-state index in [4.69, 9.17) is 4.74 Å². The standard InChI is InChI=1S/C18H23F2IO/c1-2-22-15-6-5-11-7-12(3-4-13(11)8-15)14-9-16(19)18(21)17(20)10-14/h9-13,15H,2-8H2,1H3. The fourth-order valence-corrected chi connectivity index (χ4v) is 4.66. The van der Waals surface area contributed by atoms with Crippen LogP contribution in [0.2, 0.25) is 0 Å². The molecule has 1 nitrogen and oxygen atoms in total. The summed E-state index contributed by atoms with van der Waals surface area (Å²) in [5, 5.41) is 0. The van der Waals surface area contributed by atoms with E-state index in [9.17, 15) is 8.78 Å². The Morgan fingerprint density at radius 3 is 2.36 bits per heavy atom. The number of halogens is 3. The summed E-state index contributed by atoms with van der Waals surface area (Å²) in [4.78, 5) is 0. The Hall–Kier alpha value is -0.230. The Morgan fingerprint density at radius 2 is 1.68 bits per heavy atom. The van der Waals surface area contributed by atoms with Crippen molar-refractivity contribution < 1.29 is 13.5 Å². The molecule has 2 aliphatic rings. The molecule has 0 radical (unpaired) electrons. The van der Waals surface area contributed by atoms with E-state index in [1.165, 1.54) is 12.8 Å². The molecule has 0 bridgehead atoms. The molecule has 4 heteroatoms. The SMILES string of the molecule is CCOC1CCC2CC(c3cc(F)c(I)c(F)c3)CCC2C1. The van der Waals surface area contributed by atoms with Crippen molar-refractivity contribution in [2.75, 3.05) is 6.61 Å². The van der Waals surface area contributed by atoms with Crippen LogP contribution in [0.15, 0.2) is 12.1 Å². The van der Waals surface area contributed by atoms with Crippen molar-refractivity contribution >= 4 is 22.6 Å². The normalized spacial score (nSPS) is 31.8. The quantitative estimate of drug-likeness (QED) is 0.453. The Balaban J connectivity index is 1.68. The van der Waals surface area contributed by atoms with Crippen LogP contribution in [0.4, 0.5) is 8.78 Å². The third kappa shape index (κ3) is 3.48. The van der Waals surface area contributed by atoms with Crippen molar-refractivity contribution in [1.29, 1.82) is 0 Å². The van der Waals surface area contributed by atoms with Crippen LogP contribution in [0.1, 0.15) is 56.9 Å². The second-order valence-corrected chi connectivity index (χ2v) is 7.80. The van der Waals surface area contributed by atoms with Gasteiger partial charge in [-0.05, 0) is 103 Å². The smallest absolute Gasteiger partial charge is 0.139 e. The summed E-state index contributed by atoms with van der Waals surface area (Å²) < 4.78 is 33.5. The molecule has 0 spiro atoms. The van der Waals surface area contributed by atoms with Crippen molar-refractivity contribution in [3.8, 4) is 0 Å². The highest BCUT2D eigenvalue weighted by Crippen LogP contribution is 2.46. The summed E-state index contributed by atoms with van der Waals surface area (Å²) in [7, 11) is 0. The Bertz CT molecular complexity index is 511. The van der Waals surface area contributed by atoms with E-state index in [1.807, 2.05) is 0 Å². The number of hydrogen-bond acceptors (Lipinski definition) is 1. The minimum atomic E-state index is -0.419. The molecule has 1 aromatic carbocycles. The van der Waals surface area contributed by atoms with Gasteiger partial charge in [-0.1, -0.05) is 0 Å². The molecule has 3 rings (SSSR count). The molecular formula is C18H23F2IO. The fraction of sp³-hybridized carbons (Fsp3) is 0.667. The molecule has 0 aromatic heterocycles. The molecule has 0 N–H and O–H groups in total. The maximum atomic E-state index is 13.8. The topological polar surface area (TPSA) is 9.23 Å². The first-order valence-corrected chi connectivity index (χ1v) is 9.42. The predicted octanol–water partition coefficient (Wildman–Crippen LogP) is 5.66. The number of fused-ring (bicyclic) bond motifs is 1. The minimum absolute atomic E-state index is 0.104. The first-order valence-electron chi connectivity index (χ1n) is 8.34. The number of ether oxygens (including phenoxy) is 1. The molecule has 2 fully saturated rings. The highest BCUT2D eigenvalue weighted by Gasteiger charge is 2.36. The lowest BCUT2D eigenvalue weighted by Gasteiger charge is -2.42. The molecular weight excluding hydrogens is 397 g/mol. The van der Waals surface area contributed by atoms with Gasteiger partial charge in [0.05, 0.1) is 9.67 Å². The Labute approximate surface area is 145 Å². The van der Waals surface area contributed by atoms with Gasteiger partial charge in [0, 0.05) is 6.61 Å². The summed E-state index contributed by atoms with van der Waals surface area (Å²) in [5.74, 6) is 0.905. The number of rotatable bonds is 3. The average Bonchev–Trinajstić information content (AvgIpc) is 2.52. The van der Waals surface area contributed by atoms with Crippen molar-refractivity contribution in [2.45, 2.75) is 57.5 Å². The van der Waals surface area contributed by atoms with Crippen LogP contribution in [0, 0.1) is 27.0 Å². The predicted molar refractivity (Wildman–Crippen MR) is 91.9 cm³/mol.